The summed E-state index contributed by atoms with van der Waals surface area (Å²) in [4.78, 5) is 26.4. The second kappa shape index (κ2) is 6.91. The molecule has 23 heavy (non-hydrogen) atoms. The zero-order valence-corrected chi connectivity index (χ0v) is 14.1. The molecule has 5 heteroatoms. The Kier molecular flexibility index (Phi) is 4.90. The number of esters is 1. The zero-order chi connectivity index (χ0) is 16.4. The molecule has 2 unspecified atom stereocenters. The van der Waals surface area contributed by atoms with E-state index in [0.29, 0.717) is 10.9 Å². The zero-order valence-electron chi connectivity index (χ0n) is 13.3. The van der Waals surface area contributed by atoms with Crippen molar-refractivity contribution in [3.05, 3.63) is 34.9 Å². The Morgan fingerprint density at radius 1 is 1.22 bits per heavy atom. The van der Waals surface area contributed by atoms with Crippen LogP contribution in [0.25, 0.3) is 0 Å². The first-order valence-corrected chi connectivity index (χ1v) is 8.59. The molecule has 1 aromatic carbocycles. The van der Waals surface area contributed by atoms with Gasteiger partial charge in [0.15, 0.2) is 0 Å². The Morgan fingerprint density at radius 2 is 1.91 bits per heavy atom. The summed E-state index contributed by atoms with van der Waals surface area (Å²) in [5.74, 6) is 0.156. The second-order valence-corrected chi connectivity index (χ2v) is 6.99. The highest BCUT2D eigenvalue weighted by Gasteiger charge is 2.39. The molecule has 4 nitrogen and oxygen atoms in total. The van der Waals surface area contributed by atoms with Crippen LogP contribution >= 0.6 is 11.6 Å². The summed E-state index contributed by atoms with van der Waals surface area (Å²) in [6.07, 6.45) is 4.17. The molecule has 1 heterocycles. The number of carbonyl (C=O) groups is 2. The molecule has 0 spiro atoms. The fraction of sp³-hybridized carbons (Fsp3) is 0.556. The maximum absolute atomic E-state index is 12.9. The number of halogens is 1. The van der Waals surface area contributed by atoms with Gasteiger partial charge in [-0.05, 0) is 49.3 Å². The first-order chi connectivity index (χ1) is 11.1. The van der Waals surface area contributed by atoms with E-state index < -0.39 is 0 Å². The van der Waals surface area contributed by atoms with Gasteiger partial charge in [0.2, 0.25) is 5.91 Å². The number of likely N-dealkylation sites (tertiary alicyclic amines) is 1. The number of hydrogen-bond donors (Lipinski definition) is 0. The molecule has 0 aromatic heterocycles. The number of amides is 1. The number of methoxy groups -OCH3 is 1. The average molecular weight is 336 g/mol. The number of ether oxygens (including phenoxy) is 1. The van der Waals surface area contributed by atoms with Gasteiger partial charge in [0.1, 0.15) is 0 Å². The molecule has 0 bridgehead atoms. The number of piperidine rings is 1. The smallest absolute Gasteiger partial charge is 0.306 e. The lowest BCUT2D eigenvalue weighted by atomic mass is 9.86. The molecule has 1 saturated carbocycles. The molecule has 1 aliphatic heterocycles. The van der Waals surface area contributed by atoms with Crippen LogP contribution in [0.5, 0.6) is 0 Å². The molecule has 0 radical (unpaired) electrons. The average Bonchev–Trinajstić information content (AvgIpc) is 3.36. The lowest BCUT2D eigenvalue weighted by Gasteiger charge is -2.39. The Balaban J connectivity index is 1.78. The highest BCUT2D eigenvalue weighted by molar-refractivity contribution is 6.30. The van der Waals surface area contributed by atoms with E-state index in [4.69, 9.17) is 16.3 Å². The number of rotatable bonds is 5. The Morgan fingerprint density at radius 3 is 2.52 bits per heavy atom. The first kappa shape index (κ1) is 16.3. The summed E-state index contributed by atoms with van der Waals surface area (Å²) in [6.45, 7) is 0.795. The minimum atomic E-state index is -0.306. The number of benzene rings is 1. The summed E-state index contributed by atoms with van der Waals surface area (Å²) in [5, 5.41) is 0.702. The van der Waals surface area contributed by atoms with Gasteiger partial charge in [-0.15, -0.1) is 0 Å². The van der Waals surface area contributed by atoms with Crippen LogP contribution in [-0.2, 0) is 14.3 Å². The van der Waals surface area contributed by atoms with Crippen molar-refractivity contribution in [3.8, 4) is 0 Å². The summed E-state index contributed by atoms with van der Waals surface area (Å²) < 4.78 is 4.73. The van der Waals surface area contributed by atoms with Gasteiger partial charge in [-0.3, -0.25) is 9.59 Å². The van der Waals surface area contributed by atoms with Gasteiger partial charge in [0.05, 0.1) is 19.6 Å². The van der Waals surface area contributed by atoms with Gasteiger partial charge in [-0.1, -0.05) is 23.7 Å². The van der Waals surface area contributed by atoms with Crippen LogP contribution in [0, 0.1) is 11.8 Å². The third kappa shape index (κ3) is 3.86. The third-order valence-corrected chi connectivity index (χ3v) is 5.10. The molecular weight excluding hydrogens is 314 g/mol. The monoisotopic (exact) mass is 335 g/mol. The van der Waals surface area contributed by atoms with Crippen LogP contribution in [0.4, 0.5) is 0 Å². The van der Waals surface area contributed by atoms with Gasteiger partial charge >= 0.3 is 5.97 Å². The van der Waals surface area contributed by atoms with Crippen molar-refractivity contribution in [1.29, 1.82) is 0 Å². The van der Waals surface area contributed by atoms with Crippen molar-refractivity contribution in [2.45, 2.75) is 38.1 Å². The topological polar surface area (TPSA) is 46.6 Å². The quantitative estimate of drug-likeness (QED) is 0.772. The summed E-state index contributed by atoms with van der Waals surface area (Å²) >= 11 is 5.97. The lowest BCUT2D eigenvalue weighted by molar-refractivity contribution is -0.150. The summed E-state index contributed by atoms with van der Waals surface area (Å²) in [7, 11) is 1.37. The van der Waals surface area contributed by atoms with Gasteiger partial charge in [0, 0.05) is 17.5 Å². The van der Waals surface area contributed by atoms with Crippen molar-refractivity contribution >= 4 is 23.5 Å². The van der Waals surface area contributed by atoms with Gasteiger partial charge in [-0.2, -0.15) is 0 Å². The first-order valence-electron chi connectivity index (χ1n) is 8.21. The van der Waals surface area contributed by atoms with Crippen LogP contribution in [0.1, 0.15) is 43.7 Å². The van der Waals surface area contributed by atoms with E-state index >= 15 is 0 Å². The minimum absolute atomic E-state index is 0.0912. The van der Waals surface area contributed by atoms with Crippen LogP contribution in [-0.4, -0.2) is 30.4 Å². The molecule has 2 atom stereocenters. The molecule has 1 saturated heterocycles. The molecule has 1 aromatic rings. The molecule has 0 N–H and O–H groups in total. The summed E-state index contributed by atoms with van der Waals surface area (Å²) in [6, 6.07) is 7.84. The van der Waals surface area contributed by atoms with Gasteiger partial charge in [-0.25, -0.2) is 0 Å². The van der Waals surface area contributed by atoms with Crippen LogP contribution in [0.2, 0.25) is 5.02 Å². The van der Waals surface area contributed by atoms with E-state index in [9.17, 15) is 9.59 Å². The second-order valence-electron chi connectivity index (χ2n) is 6.56. The van der Waals surface area contributed by atoms with Crippen LogP contribution in [0.15, 0.2) is 24.3 Å². The van der Waals surface area contributed by atoms with E-state index in [0.717, 1.165) is 24.9 Å². The van der Waals surface area contributed by atoms with E-state index in [1.807, 2.05) is 29.2 Å². The van der Waals surface area contributed by atoms with E-state index in [1.165, 1.54) is 20.0 Å². The van der Waals surface area contributed by atoms with Crippen LogP contribution < -0.4 is 0 Å². The fourth-order valence-corrected chi connectivity index (χ4v) is 3.45. The van der Waals surface area contributed by atoms with Crippen molar-refractivity contribution in [2.75, 3.05) is 13.7 Å². The third-order valence-electron chi connectivity index (χ3n) is 4.84. The molecular formula is C18H22ClNO3. The van der Waals surface area contributed by atoms with Crippen LogP contribution in [0.3, 0.4) is 0 Å². The van der Waals surface area contributed by atoms with E-state index in [-0.39, 0.29) is 30.3 Å². The highest BCUT2D eigenvalue weighted by Crippen LogP contribution is 2.39. The highest BCUT2D eigenvalue weighted by atomic mass is 35.5. The minimum Gasteiger partial charge on any atom is -0.469 e. The summed E-state index contributed by atoms with van der Waals surface area (Å²) in [5.41, 5.74) is 1.12. The molecule has 1 aliphatic carbocycles. The Hall–Kier alpha value is -1.55. The molecule has 1 amide bonds. The van der Waals surface area contributed by atoms with Crippen molar-refractivity contribution in [3.63, 3.8) is 0 Å². The molecule has 124 valence electrons. The maximum Gasteiger partial charge on any atom is 0.306 e. The fourth-order valence-electron chi connectivity index (χ4n) is 3.33. The predicted molar refractivity (Wildman–Crippen MR) is 88.0 cm³/mol. The molecule has 2 fully saturated rings. The number of nitrogens with zero attached hydrogens (tertiary/aromatic N) is 1. The van der Waals surface area contributed by atoms with Crippen molar-refractivity contribution in [1.82, 2.24) is 4.90 Å². The predicted octanol–water partition coefficient (Wildman–Crippen LogP) is 3.59. The SMILES string of the molecule is COC(=O)CC1CCC(c2ccc(Cl)cc2)N(CC2CC2)C1=O. The van der Waals surface area contributed by atoms with E-state index in [2.05, 4.69) is 0 Å². The van der Waals surface area contributed by atoms with Gasteiger partial charge < -0.3 is 9.64 Å². The lowest BCUT2D eigenvalue weighted by Crippen LogP contribution is -2.45. The Labute approximate surface area is 141 Å². The van der Waals surface area contributed by atoms with Gasteiger partial charge in [0.25, 0.3) is 0 Å². The largest absolute Gasteiger partial charge is 0.469 e. The normalized spacial score (nSPS) is 24.6. The molecule has 2 aliphatic rings. The van der Waals surface area contributed by atoms with Crippen molar-refractivity contribution in [2.24, 2.45) is 11.8 Å². The Bertz CT molecular complexity index is 582. The van der Waals surface area contributed by atoms with Crippen molar-refractivity contribution < 1.29 is 14.3 Å². The molecule has 3 rings (SSSR count). The standard InChI is InChI=1S/C18H22ClNO3/c1-23-17(21)10-14-6-9-16(13-4-7-15(19)8-5-13)20(18(14)22)11-12-2-3-12/h4-5,7-8,12,14,16H,2-3,6,9-11H2,1H3. The van der Waals surface area contributed by atoms with E-state index in [1.54, 1.807) is 0 Å². The maximum atomic E-state index is 12.9. The number of carbonyl (C=O) groups excluding carboxylic acids is 2. The number of hydrogen-bond acceptors (Lipinski definition) is 3.